The fourth-order valence-corrected chi connectivity index (χ4v) is 3.08. The van der Waals surface area contributed by atoms with E-state index in [2.05, 4.69) is 31.4 Å². The first-order chi connectivity index (χ1) is 12.2. The second kappa shape index (κ2) is 6.84. The topological polar surface area (TPSA) is 73.0 Å². The zero-order valence-electron chi connectivity index (χ0n) is 13.5. The molecule has 0 saturated heterocycles. The van der Waals surface area contributed by atoms with Crippen LogP contribution in [-0.2, 0) is 17.9 Å². The highest BCUT2D eigenvalue weighted by Crippen LogP contribution is 2.39. The van der Waals surface area contributed by atoms with E-state index in [0.29, 0.717) is 24.2 Å². The Balaban J connectivity index is 1.40. The first-order valence-corrected chi connectivity index (χ1v) is 8.98. The molecule has 0 radical (unpaired) electrons. The molecule has 3 aromatic rings. The molecule has 0 spiro atoms. The summed E-state index contributed by atoms with van der Waals surface area (Å²) in [5.41, 5.74) is 1.80. The predicted molar refractivity (Wildman–Crippen MR) is 95.7 cm³/mol. The van der Waals surface area contributed by atoms with Crippen LogP contribution in [0.1, 0.15) is 30.2 Å². The number of benzene rings is 1. The van der Waals surface area contributed by atoms with E-state index in [1.807, 2.05) is 47.2 Å². The highest BCUT2D eigenvalue weighted by atomic mass is 79.9. The van der Waals surface area contributed by atoms with Gasteiger partial charge < -0.3 is 14.3 Å². The van der Waals surface area contributed by atoms with Gasteiger partial charge in [0.25, 0.3) is 5.89 Å². The maximum Gasteiger partial charge on any atom is 0.264 e. The molecule has 2 aromatic heterocycles. The van der Waals surface area contributed by atoms with E-state index < -0.39 is 0 Å². The van der Waals surface area contributed by atoms with Crippen molar-refractivity contribution in [3.05, 3.63) is 58.5 Å². The fraction of sp³-hybridized carbons (Fsp3) is 0.278. The SMILES string of the molecule is O=C(Cn1cccc1-c1nnc(C2CC2)o1)NCc1cccc(Br)c1. The number of halogens is 1. The van der Waals surface area contributed by atoms with Crippen LogP contribution in [0.25, 0.3) is 11.6 Å². The van der Waals surface area contributed by atoms with Crippen LogP contribution in [0.3, 0.4) is 0 Å². The molecule has 1 aromatic carbocycles. The minimum Gasteiger partial charge on any atom is -0.419 e. The zero-order valence-corrected chi connectivity index (χ0v) is 15.1. The van der Waals surface area contributed by atoms with Crippen LogP contribution >= 0.6 is 15.9 Å². The van der Waals surface area contributed by atoms with E-state index in [1.54, 1.807) is 0 Å². The molecule has 6 nitrogen and oxygen atoms in total. The largest absolute Gasteiger partial charge is 0.419 e. The number of hydrogen-bond acceptors (Lipinski definition) is 4. The summed E-state index contributed by atoms with van der Waals surface area (Å²) in [6, 6.07) is 11.6. The molecule has 128 valence electrons. The van der Waals surface area contributed by atoms with Gasteiger partial charge in [0.2, 0.25) is 11.8 Å². The van der Waals surface area contributed by atoms with Gasteiger partial charge in [0, 0.05) is 23.1 Å². The molecule has 0 unspecified atom stereocenters. The molecule has 1 saturated carbocycles. The third-order valence-electron chi connectivity index (χ3n) is 4.11. The second-order valence-electron chi connectivity index (χ2n) is 6.15. The van der Waals surface area contributed by atoms with Gasteiger partial charge in [-0.05, 0) is 42.7 Å². The van der Waals surface area contributed by atoms with Crippen molar-refractivity contribution in [2.24, 2.45) is 0 Å². The number of amides is 1. The van der Waals surface area contributed by atoms with Crippen molar-refractivity contribution in [3.8, 4) is 11.6 Å². The zero-order chi connectivity index (χ0) is 17.2. The minimum atomic E-state index is -0.0700. The van der Waals surface area contributed by atoms with Crippen LogP contribution in [0.15, 0.2) is 51.5 Å². The summed E-state index contributed by atoms with van der Waals surface area (Å²) in [7, 11) is 0. The summed E-state index contributed by atoms with van der Waals surface area (Å²) in [6.07, 6.45) is 4.07. The summed E-state index contributed by atoms with van der Waals surface area (Å²) in [4.78, 5) is 12.3. The highest BCUT2D eigenvalue weighted by Gasteiger charge is 2.29. The summed E-state index contributed by atoms with van der Waals surface area (Å²) < 4.78 is 8.55. The first-order valence-electron chi connectivity index (χ1n) is 8.19. The van der Waals surface area contributed by atoms with Crippen molar-refractivity contribution in [3.63, 3.8) is 0 Å². The second-order valence-corrected chi connectivity index (χ2v) is 7.06. The summed E-state index contributed by atoms with van der Waals surface area (Å²) in [6.45, 7) is 0.693. The molecular formula is C18H17BrN4O2. The quantitative estimate of drug-likeness (QED) is 0.686. The van der Waals surface area contributed by atoms with Crippen molar-refractivity contribution in [2.45, 2.75) is 31.8 Å². The van der Waals surface area contributed by atoms with Crippen molar-refractivity contribution in [1.29, 1.82) is 0 Å². The summed E-state index contributed by atoms with van der Waals surface area (Å²) >= 11 is 3.43. The number of hydrogen-bond donors (Lipinski definition) is 1. The van der Waals surface area contributed by atoms with Crippen LogP contribution in [0, 0.1) is 0 Å². The lowest BCUT2D eigenvalue weighted by atomic mass is 10.2. The molecule has 1 aliphatic rings. The molecule has 1 amide bonds. The normalized spacial score (nSPS) is 13.8. The van der Waals surface area contributed by atoms with E-state index in [0.717, 1.165) is 28.6 Å². The van der Waals surface area contributed by atoms with Gasteiger partial charge in [0.15, 0.2) is 0 Å². The van der Waals surface area contributed by atoms with Gasteiger partial charge in [0.1, 0.15) is 12.2 Å². The van der Waals surface area contributed by atoms with Crippen molar-refractivity contribution >= 4 is 21.8 Å². The number of rotatable bonds is 6. The average Bonchev–Trinajstić information content (AvgIpc) is 3.15. The molecule has 0 atom stereocenters. The lowest BCUT2D eigenvalue weighted by Gasteiger charge is -2.08. The number of carbonyl (C=O) groups is 1. The van der Waals surface area contributed by atoms with Crippen molar-refractivity contribution in [1.82, 2.24) is 20.1 Å². The minimum absolute atomic E-state index is 0.0700. The maximum absolute atomic E-state index is 12.3. The van der Waals surface area contributed by atoms with E-state index in [-0.39, 0.29) is 12.5 Å². The van der Waals surface area contributed by atoms with Crippen LogP contribution in [-0.4, -0.2) is 20.7 Å². The van der Waals surface area contributed by atoms with Gasteiger partial charge in [-0.2, -0.15) is 0 Å². The lowest BCUT2D eigenvalue weighted by molar-refractivity contribution is -0.121. The van der Waals surface area contributed by atoms with Crippen LogP contribution in [0.5, 0.6) is 0 Å². The summed E-state index contributed by atoms with van der Waals surface area (Å²) in [5, 5.41) is 11.1. The molecule has 1 N–H and O–H groups in total. The Morgan fingerprint density at radius 3 is 2.96 bits per heavy atom. The van der Waals surface area contributed by atoms with Gasteiger partial charge in [-0.25, -0.2) is 0 Å². The first kappa shape index (κ1) is 16.1. The molecule has 0 aliphatic heterocycles. The fourth-order valence-electron chi connectivity index (χ4n) is 2.64. The third-order valence-corrected chi connectivity index (χ3v) is 4.60. The molecule has 0 bridgehead atoms. The number of nitrogens with one attached hydrogen (secondary N) is 1. The monoisotopic (exact) mass is 400 g/mol. The van der Waals surface area contributed by atoms with Crippen LogP contribution in [0.2, 0.25) is 0 Å². The molecule has 2 heterocycles. The number of aromatic nitrogens is 3. The van der Waals surface area contributed by atoms with Gasteiger partial charge >= 0.3 is 0 Å². The third kappa shape index (κ3) is 3.82. The Labute approximate surface area is 153 Å². The molecule has 1 fully saturated rings. The molecule has 25 heavy (non-hydrogen) atoms. The van der Waals surface area contributed by atoms with Crippen LogP contribution < -0.4 is 5.32 Å². The average molecular weight is 401 g/mol. The Bertz CT molecular complexity index is 898. The molecule has 7 heteroatoms. The van der Waals surface area contributed by atoms with Gasteiger partial charge in [-0.15, -0.1) is 10.2 Å². The van der Waals surface area contributed by atoms with Gasteiger partial charge in [-0.3, -0.25) is 4.79 Å². The van der Waals surface area contributed by atoms with Crippen molar-refractivity contribution in [2.75, 3.05) is 0 Å². The van der Waals surface area contributed by atoms with E-state index in [9.17, 15) is 4.79 Å². The van der Waals surface area contributed by atoms with E-state index >= 15 is 0 Å². The Morgan fingerprint density at radius 1 is 1.28 bits per heavy atom. The van der Waals surface area contributed by atoms with E-state index in [1.165, 1.54) is 0 Å². The van der Waals surface area contributed by atoms with Crippen LogP contribution in [0.4, 0.5) is 0 Å². The molecule has 1 aliphatic carbocycles. The molecule has 4 rings (SSSR count). The van der Waals surface area contributed by atoms with E-state index in [4.69, 9.17) is 4.42 Å². The van der Waals surface area contributed by atoms with Gasteiger partial charge in [-0.1, -0.05) is 28.1 Å². The highest BCUT2D eigenvalue weighted by molar-refractivity contribution is 9.10. The number of nitrogens with zero attached hydrogens (tertiary/aromatic N) is 3. The smallest absolute Gasteiger partial charge is 0.264 e. The maximum atomic E-state index is 12.3. The van der Waals surface area contributed by atoms with Crippen molar-refractivity contribution < 1.29 is 9.21 Å². The van der Waals surface area contributed by atoms with Gasteiger partial charge in [0.05, 0.1) is 0 Å². The predicted octanol–water partition coefficient (Wildman–Crippen LogP) is 3.49. The Hall–Kier alpha value is -2.41. The Morgan fingerprint density at radius 2 is 2.16 bits per heavy atom. The standard InChI is InChI=1S/C18H17BrN4O2/c19-14-4-1-3-12(9-14)10-20-16(24)11-23-8-2-5-15(23)18-22-21-17(25-18)13-6-7-13/h1-5,8-9,13H,6-7,10-11H2,(H,20,24). The summed E-state index contributed by atoms with van der Waals surface area (Å²) in [5.74, 6) is 1.51. The molecular weight excluding hydrogens is 384 g/mol. The number of carbonyl (C=O) groups excluding carboxylic acids is 1. The Kier molecular flexibility index (Phi) is 4.40. The lowest BCUT2D eigenvalue weighted by Crippen LogP contribution is -2.27.